The Bertz CT molecular complexity index is 634. The Morgan fingerprint density at radius 3 is 2.85 bits per heavy atom. The summed E-state index contributed by atoms with van der Waals surface area (Å²) in [5.41, 5.74) is 1.84. The summed E-state index contributed by atoms with van der Waals surface area (Å²) < 4.78 is 4.84. The SMILES string of the molecule is Cc1oncc1C(=O)Nc1cccc(CCC(=O)O)c1. The summed E-state index contributed by atoms with van der Waals surface area (Å²) in [7, 11) is 0. The minimum Gasteiger partial charge on any atom is -0.481 e. The van der Waals surface area contributed by atoms with Gasteiger partial charge in [0.2, 0.25) is 0 Å². The van der Waals surface area contributed by atoms with Crippen LogP contribution < -0.4 is 5.32 Å². The lowest BCUT2D eigenvalue weighted by atomic mass is 10.1. The number of hydrogen-bond acceptors (Lipinski definition) is 4. The molecule has 0 saturated heterocycles. The fraction of sp³-hybridized carbons (Fsp3) is 0.214. The monoisotopic (exact) mass is 274 g/mol. The number of carboxylic acids is 1. The van der Waals surface area contributed by atoms with Gasteiger partial charge in [0, 0.05) is 12.1 Å². The second kappa shape index (κ2) is 6.01. The molecule has 0 radical (unpaired) electrons. The molecule has 1 amide bonds. The van der Waals surface area contributed by atoms with Crippen molar-refractivity contribution >= 4 is 17.6 Å². The zero-order valence-corrected chi connectivity index (χ0v) is 10.9. The highest BCUT2D eigenvalue weighted by atomic mass is 16.5. The Hall–Kier alpha value is -2.63. The molecule has 1 heterocycles. The van der Waals surface area contributed by atoms with Crippen molar-refractivity contribution in [3.63, 3.8) is 0 Å². The Balaban J connectivity index is 2.06. The number of benzene rings is 1. The smallest absolute Gasteiger partial charge is 0.303 e. The number of carbonyl (C=O) groups is 2. The van der Waals surface area contributed by atoms with Crippen molar-refractivity contribution in [3.05, 3.63) is 47.3 Å². The van der Waals surface area contributed by atoms with Crippen LogP contribution in [0, 0.1) is 6.92 Å². The molecule has 104 valence electrons. The average molecular weight is 274 g/mol. The summed E-state index contributed by atoms with van der Waals surface area (Å²) >= 11 is 0. The molecule has 0 aliphatic heterocycles. The number of rotatable bonds is 5. The van der Waals surface area contributed by atoms with Crippen LogP contribution in [0.5, 0.6) is 0 Å². The number of hydrogen-bond donors (Lipinski definition) is 2. The first-order valence-corrected chi connectivity index (χ1v) is 6.09. The van der Waals surface area contributed by atoms with Gasteiger partial charge in [0.25, 0.3) is 5.91 Å². The van der Waals surface area contributed by atoms with Crippen LogP contribution in [-0.4, -0.2) is 22.1 Å². The third-order valence-corrected chi connectivity index (χ3v) is 2.81. The van der Waals surface area contributed by atoms with Crippen molar-refractivity contribution in [2.75, 3.05) is 5.32 Å². The third kappa shape index (κ3) is 3.44. The summed E-state index contributed by atoms with van der Waals surface area (Å²) in [5, 5.41) is 14.9. The zero-order valence-electron chi connectivity index (χ0n) is 10.9. The number of anilines is 1. The molecule has 0 bridgehead atoms. The number of nitrogens with zero attached hydrogens (tertiary/aromatic N) is 1. The van der Waals surface area contributed by atoms with Crippen LogP contribution in [0.1, 0.15) is 28.1 Å². The van der Waals surface area contributed by atoms with Crippen molar-refractivity contribution in [1.29, 1.82) is 0 Å². The molecule has 0 spiro atoms. The van der Waals surface area contributed by atoms with Crippen molar-refractivity contribution < 1.29 is 19.2 Å². The van der Waals surface area contributed by atoms with Gasteiger partial charge >= 0.3 is 5.97 Å². The van der Waals surface area contributed by atoms with Crippen LogP contribution in [0.2, 0.25) is 0 Å². The van der Waals surface area contributed by atoms with Crippen molar-refractivity contribution in [2.45, 2.75) is 19.8 Å². The molecule has 20 heavy (non-hydrogen) atoms. The van der Waals surface area contributed by atoms with Crippen molar-refractivity contribution in [1.82, 2.24) is 5.16 Å². The van der Waals surface area contributed by atoms with E-state index in [1.165, 1.54) is 6.20 Å². The highest BCUT2D eigenvalue weighted by Crippen LogP contribution is 2.15. The summed E-state index contributed by atoms with van der Waals surface area (Å²) in [5.74, 6) is -0.705. The minimum atomic E-state index is -0.848. The maximum Gasteiger partial charge on any atom is 0.303 e. The quantitative estimate of drug-likeness (QED) is 0.872. The van der Waals surface area contributed by atoms with E-state index in [0.29, 0.717) is 23.4 Å². The molecule has 2 rings (SSSR count). The molecule has 0 aliphatic rings. The van der Waals surface area contributed by atoms with E-state index in [-0.39, 0.29) is 12.3 Å². The number of aryl methyl sites for hydroxylation is 2. The molecule has 2 aromatic rings. The molecule has 6 heteroatoms. The fourth-order valence-corrected chi connectivity index (χ4v) is 1.77. The van der Waals surface area contributed by atoms with E-state index in [1.807, 2.05) is 6.07 Å². The Kier molecular flexibility index (Phi) is 4.14. The predicted octanol–water partition coefficient (Wildman–Crippen LogP) is 2.25. The van der Waals surface area contributed by atoms with E-state index in [4.69, 9.17) is 9.63 Å². The first kappa shape index (κ1) is 13.8. The Morgan fingerprint density at radius 2 is 2.20 bits per heavy atom. The van der Waals surface area contributed by atoms with E-state index < -0.39 is 5.97 Å². The molecular formula is C14H14N2O4. The largest absolute Gasteiger partial charge is 0.481 e. The summed E-state index contributed by atoms with van der Waals surface area (Å²) in [6, 6.07) is 7.09. The van der Waals surface area contributed by atoms with Gasteiger partial charge in [0.15, 0.2) is 0 Å². The van der Waals surface area contributed by atoms with Crippen LogP contribution in [-0.2, 0) is 11.2 Å². The zero-order chi connectivity index (χ0) is 14.5. The lowest BCUT2D eigenvalue weighted by Crippen LogP contribution is -2.12. The molecule has 6 nitrogen and oxygen atoms in total. The van der Waals surface area contributed by atoms with E-state index in [1.54, 1.807) is 25.1 Å². The first-order chi connectivity index (χ1) is 9.56. The van der Waals surface area contributed by atoms with Crippen LogP contribution in [0.15, 0.2) is 35.0 Å². The molecule has 1 aromatic heterocycles. The molecule has 1 aromatic carbocycles. The maximum absolute atomic E-state index is 12.0. The van der Waals surface area contributed by atoms with Gasteiger partial charge in [0.1, 0.15) is 11.3 Å². The second-order valence-electron chi connectivity index (χ2n) is 4.34. The highest BCUT2D eigenvalue weighted by molar-refractivity contribution is 6.04. The molecular weight excluding hydrogens is 260 g/mol. The normalized spacial score (nSPS) is 10.2. The number of carboxylic acid groups (broad SMARTS) is 1. The minimum absolute atomic E-state index is 0.0577. The first-order valence-electron chi connectivity index (χ1n) is 6.09. The summed E-state index contributed by atoms with van der Waals surface area (Å²) in [6.45, 7) is 1.66. The molecule has 0 saturated carbocycles. The van der Waals surface area contributed by atoms with Crippen molar-refractivity contribution in [2.24, 2.45) is 0 Å². The maximum atomic E-state index is 12.0. The number of nitrogens with one attached hydrogen (secondary N) is 1. The topological polar surface area (TPSA) is 92.4 Å². The van der Waals surface area contributed by atoms with E-state index in [9.17, 15) is 9.59 Å². The van der Waals surface area contributed by atoms with Gasteiger partial charge in [0.05, 0.1) is 6.20 Å². The van der Waals surface area contributed by atoms with Gasteiger partial charge in [-0.2, -0.15) is 0 Å². The van der Waals surface area contributed by atoms with Crippen LogP contribution >= 0.6 is 0 Å². The number of carbonyl (C=O) groups excluding carboxylic acids is 1. The van der Waals surface area contributed by atoms with Crippen LogP contribution in [0.25, 0.3) is 0 Å². The molecule has 0 fully saturated rings. The summed E-state index contributed by atoms with van der Waals surface area (Å²) in [6.07, 6.45) is 1.84. The van der Waals surface area contributed by atoms with Gasteiger partial charge < -0.3 is 14.9 Å². The highest BCUT2D eigenvalue weighted by Gasteiger charge is 2.13. The number of aliphatic carboxylic acids is 1. The van der Waals surface area contributed by atoms with Crippen LogP contribution in [0.3, 0.4) is 0 Å². The van der Waals surface area contributed by atoms with Gasteiger partial charge in [-0.1, -0.05) is 17.3 Å². The molecule has 2 N–H and O–H groups in total. The second-order valence-corrected chi connectivity index (χ2v) is 4.34. The average Bonchev–Trinajstić information content (AvgIpc) is 2.83. The van der Waals surface area contributed by atoms with Crippen LogP contribution in [0.4, 0.5) is 5.69 Å². The lowest BCUT2D eigenvalue weighted by molar-refractivity contribution is -0.136. The standard InChI is InChI=1S/C14H14N2O4/c1-9-12(8-15-20-9)14(19)16-11-4-2-3-10(7-11)5-6-13(17)18/h2-4,7-8H,5-6H2,1H3,(H,16,19)(H,17,18). The Morgan fingerprint density at radius 1 is 1.40 bits per heavy atom. The molecule has 0 atom stereocenters. The third-order valence-electron chi connectivity index (χ3n) is 2.81. The van der Waals surface area contributed by atoms with Gasteiger partial charge in [-0.15, -0.1) is 0 Å². The van der Waals surface area contributed by atoms with Gasteiger partial charge in [-0.05, 0) is 31.0 Å². The van der Waals surface area contributed by atoms with Crippen molar-refractivity contribution in [3.8, 4) is 0 Å². The summed E-state index contributed by atoms with van der Waals surface area (Å²) in [4.78, 5) is 22.5. The van der Waals surface area contributed by atoms with E-state index >= 15 is 0 Å². The number of amides is 1. The molecule has 0 unspecified atom stereocenters. The lowest BCUT2D eigenvalue weighted by Gasteiger charge is -2.06. The predicted molar refractivity (Wildman–Crippen MR) is 71.6 cm³/mol. The van der Waals surface area contributed by atoms with E-state index in [0.717, 1.165) is 5.56 Å². The Labute approximate surface area is 115 Å². The molecule has 0 aliphatic carbocycles. The number of aromatic nitrogens is 1. The van der Waals surface area contributed by atoms with Gasteiger partial charge in [-0.25, -0.2) is 0 Å². The van der Waals surface area contributed by atoms with Gasteiger partial charge in [-0.3, -0.25) is 9.59 Å². The fourth-order valence-electron chi connectivity index (χ4n) is 1.77. The van der Waals surface area contributed by atoms with E-state index in [2.05, 4.69) is 10.5 Å².